The number of fused-ring (bicyclic) bond motifs is 2. The maximum absolute atomic E-state index is 9.44. The summed E-state index contributed by atoms with van der Waals surface area (Å²) in [6, 6.07) is 5.88. The first-order valence-corrected chi connectivity index (χ1v) is 5.05. The topological polar surface area (TPSA) is 20.2 Å². The van der Waals surface area contributed by atoms with Crippen molar-refractivity contribution in [2.45, 2.75) is 39.0 Å². The summed E-state index contributed by atoms with van der Waals surface area (Å²) in [4.78, 5) is 0. The van der Waals surface area contributed by atoms with Gasteiger partial charge in [0.15, 0.2) is 0 Å². The third-order valence-electron chi connectivity index (χ3n) is 3.92. The van der Waals surface area contributed by atoms with E-state index in [0.717, 1.165) is 5.92 Å². The number of hydrogen-bond donors (Lipinski definition) is 1. The van der Waals surface area contributed by atoms with E-state index >= 15 is 0 Å². The Morgan fingerprint density at radius 3 is 2.79 bits per heavy atom. The van der Waals surface area contributed by atoms with E-state index in [1.54, 1.807) is 0 Å². The minimum Gasteiger partial charge on any atom is -0.508 e. The van der Waals surface area contributed by atoms with Crippen molar-refractivity contribution in [3.8, 4) is 5.75 Å². The quantitative estimate of drug-likeness (QED) is 0.665. The molecule has 1 N–H and O–H groups in total. The number of aryl methyl sites for hydroxylation is 1. The van der Waals surface area contributed by atoms with Crippen molar-refractivity contribution in [3.63, 3.8) is 0 Å². The van der Waals surface area contributed by atoms with E-state index in [0.29, 0.717) is 11.2 Å². The van der Waals surface area contributed by atoms with Gasteiger partial charge in [-0.1, -0.05) is 20.4 Å². The Labute approximate surface area is 85.8 Å². The highest BCUT2D eigenvalue weighted by Gasteiger charge is 2.55. The maximum Gasteiger partial charge on any atom is 0.115 e. The fourth-order valence-electron chi connectivity index (χ4n) is 2.95. The lowest BCUT2D eigenvalue weighted by molar-refractivity contribution is 0.473. The van der Waals surface area contributed by atoms with Gasteiger partial charge < -0.3 is 5.11 Å². The normalized spacial score (nSPS) is 32.5. The van der Waals surface area contributed by atoms with Crippen molar-refractivity contribution < 1.29 is 5.11 Å². The Balaban J connectivity index is 0.000000750. The molecule has 0 amide bonds. The number of phenolic OH excluding ortho intramolecular Hbond substituents is 1. The van der Waals surface area contributed by atoms with Crippen LogP contribution in [0.15, 0.2) is 18.2 Å². The summed E-state index contributed by atoms with van der Waals surface area (Å²) < 4.78 is 0. The molecule has 1 nitrogen and oxygen atoms in total. The smallest absolute Gasteiger partial charge is 0.115 e. The summed E-state index contributed by atoms with van der Waals surface area (Å²) in [5.41, 5.74) is 3.36. The minimum atomic E-state index is 0. The van der Waals surface area contributed by atoms with Gasteiger partial charge in [-0.05, 0) is 53.9 Å². The van der Waals surface area contributed by atoms with Crippen molar-refractivity contribution in [1.29, 1.82) is 0 Å². The largest absolute Gasteiger partial charge is 0.508 e. The van der Waals surface area contributed by atoms with E-state index < -0.39 is 0 Å². The second-order valence-corrected chi connectivity index (χ2v) is 4.60. The standard InChI is InChI=1S/C12H14O.CH4/c1-8-7-12(8)5-4-9-2-3-10(13)6-11(9)12;/h2-3,6,8,13H,4-5,7H2,1H3;1H4. The summed E-state index contributed by atoms with van der Waals surface area (Å²) >= 11 is 0. The summed E-state index contributed by atoms with van der Waals surface area (Å²) in [5, 5.41) is 9.44. The summed E-state index contributed by atoms with van der Waals surface area (Å²) in [5.74, 6) is 1.26. The molecular formula is C13H18O. The molecule has 1 aromatic carbocycles. The van der Waals surface area contributed by atoms with Crippen LogP contribution in [0, 0.1) is 5.92 Å². The second-order valence-electron chi connectivity index (χ2n) is 4.60. The number of aromatic hydroxyl groups is 1. The molecule has 3 rings (SSSR count). The Hall–Kier alpha value is -0.980. The number of phenols is 1. The van der Waals surface area contributed by atoms with Crippen LogP contribution in [-0.4, -0.2) is 5.11 Å². The molecule has 1 saturated carbocycles. The minimum absolute atomic E-state index is 0. The molecular weight excluding hydrogens is 172 g/mol. The van der Waals surface area contributed by atoms with Gasteiger partial charge in [-0.15, -0.1) is 0 Å². The van der Waals surface area contributed by atoms with Crippen molar-refractivity contribution in [3.05, 3.63) is 29.3 Å². The third-order valence-corrected chi connectivity index (χ3v) is 3.92. The molecule has 2 atom stereocenters. The van der Waals surface area contributed by atoms with Gasteiger partial charge in [0.05, 0.1) is 0 Å². The van der Waals surface area contributed by atoms with Gasteiger partial charge in [-0.2, -0.15) is 0 Å². The lowest BCUT2D eigenvalue weighted by atomic mass is 9.96. The van der Waals surface area contributed by atoms with Crippen LogP contribution in [-0.2, 0) is 11.8 Å². The molecule has 1 spiro atoms. The maximum atomic E-state index is 9.44. The van der Waals surface area contributed by atoms with Crippen LogP contribution in [0.1, 0.15) is 38.3 Å². The van der Waals surface area contributed by atoms with Crippen molar-refractivity contribution in [1.82, 2.24) is 0 Å². The predicted octanol–water partition coefficient (Wildman–Crippen LogP) is 3.25. The molecule has 2 aliphatic carbocycles. The zero-order valence-electron chi connectivity index (χ0n) is 7.88. The fraction of sp³-hybridized carbons (Fsp3) is 0.538. The molecule has 0 aromatic heterocycles. The monoisotopic (exact) mass is 190 g/mol. The van der Waals surface area contributed by atoms with Crippen LogP contribution in [0.2, 0.25) is 0 Å². The molecule has 14 heavy (non-hydrogen) atoms. The summed E-state index contributed by atoms with van der Waals surface area (Å²) in [7, 11) is 0. The van der Waals surface area contributed by atoms with Gasteiger partial charge in [-0.25, -0.2) is 0 Å². The first-order valence-electron chi connectivity index (χ1n) is 5.05. The van der Waals surface area contributed by atoms with E-state index in [-0.39, 0.29) is 7.43 Å². The van der Waals surface area contributed by atoms with Crippen molar-refractivity contribution in [2.75, 3.05) is 0 Å². The Bertz CT molecular complexity index is 369. The SMILES string of the molecule is C.CC1CC12CCc1ccc(O)cc12. The second kappa shape index (κ2) is 2.75. The molecule has 1 fully saturated rings. The van der Waals surface area contributed by atoms with E-state index in [1.807, 2.05) is 12.1 Å². The van der Waals surface area contributed by atoms with Crippen LogP contribution < -0.4 is 0 Å². The molecule has 76 valence electrons. The number of hydrogen-bond acceptors (Lipinski definition) is 1. The highest BCUT2D eigenvalue weighted by Crippen LogP contribution is 2.61. The fourth-order valence-corrected chi connectivity index (χ4v) is 2.95. The Kier molecular flexibility index (Phi) is 1.88. The third kappa shape index (κ3) is 1.01. The average molecular weight is 190 g/mol. The first kappa shape index (κ1) is 9.57. The lowest BCUT2D eigenvalue weighted by Gasteiger charge is -2.09. The molecule has 1 aromatic rings. The zero-order valence-corrected chi connectivity index (χ0v) is 7.88. The van der Waals surface area contributed by atoms with Crippen molar-refractivity contribution >= 4 is 0 Å². The molecule has 2 unspecified atom stereocenters. The molecule has 0 aliphatic heterocycles. The molecule has 0 bridgehead atoms. The first-order chi connectivity index (χ1) is 6.22. The van der Waals surface area contributed by atoms with E-state index in [1.165, 1.54) is 30.4 Å². The Morgan fingerprint density at radius 2 is 2.14 bits per heavy atom. The van der Waals surface area contributed by atoms with Crippen molar-refractivity contribution in [2.24, 2.45) is 5.92 Å². The molecule has 0 saturated heterocycles. The van der Waals surface area contributed by atoms with Crippen LogP contribution in [0.3, 0.4) is 0 Å². The number of rotatable bonds is 0. The highest BCUT2D eigenvalue weighted by atomic mass is 16.3. The van der Waals surface area contributed by atoms with E-state index in [4.69, 9.17) is 0 Å². The van der Waals surface area contributed by atoms with Gasteiger partial charge in [0.25, 0.3) is 0 Å². The van der Waals surface area contributed by atoms with Crippen LogP contribution >= 0.6 is 0 Å². The summed E-state index contributed by atoms with van der Waals surface area (Å²) in [6.45, 7) is 2.32. The highest BCUT2D eigenvalue weighted by molar-refractivity contribution is 5.48. The van der Waals surface area contributed by atoms with E-state index in [2.05, 4.69) is 13.0 Å². The molecule has 2 aliphatic rings. The molecule has 0 heterocycles. The van der Waals surface area contributed by atoms with E-state index in [9.17, 15) is 5.11 Å². The average Bonchev–Trinajstić information content (AvgIpc) is 2.61. The van der Waals surface area contributed by atoms with Crippen LogP contribution in [0.5, 0.6) is 5.75 Å². The molecule has 0 radical (unpaired) electrons. The van der Waals surface area contributed by atoms with Gasteiger partial charge in [-0.3, -0.25) is 0 Å². The molecule has 1 heteroatoms. The van der Waals surface area contributed by atoms with Gasteiger partial charge in [0.1, 0.15) is 5.75 Å². The lowest BCUT2D eigenvalue weighted by Crippen LogP contribution is -2.02. The van der Waals surface area contributed by atoms with Gasteiger partial charge >= 0.3 is 0 Å². The zero-order chi connectivity index (χ0) is 9.05. The van der Waals surface area contributed by atoms with Gasteiger partial charge in [0.2, 0.25) is 0 Å². The van der Waals surface area contributed by atoms with Crippen LogP contribution in [0.25, 0.3) is 0 Å². The number of benzene rings is 1. The van der Waals surface area contributed by atoms with Gasteiger partial charge in [0, 0.05) is 0 Å². The Morgan fingerprint density at radius 1 is 1.43 bits per heavy atom. The summed E-state index contributed by atoms with van der Waals surface area (Å²) in [6.07, 6.45) is 3.83. The van der Waals surface area contributed by atoms with Crippen LogP contribution in [0.4, 0.5) is 0 Å². The predicted molar refractivity (Wildman–Crippen MR) is 58.6 cm³/mol.